The van der Waals surface area contributed by atoms with E-state index in [0.29, 0.717) is 12.1 Å². The Labute approximate surface area is 74.2 Å². The van der Waals surface area contributed by atoms with Gasteiger partial charge in [0, 0.05) is 0 Å². The first-order valence-corrected chi connectivity index (χ1v) is 6.42. The molecule has 3 heteroatoms. The van der Waals surface area contributed by atoms with Crippen LogP contribution in [0.3, 0.4) is 0 Å². The van der Waals surface area contributed by atoms with E-state index in [1.807, 2.05) is 0 Å². The SMILES string of the molecule is NC1CCC2[Se]C1CCC2N. The fraction of sp³-hybridized carbons (Fsp3) is 1.00. The van der Waals surface area contributed by atoms with Crippen molar-refractivity contribution in [2.75, 3.05) is 0 Å². The summed E-state index contributed by atoms with van der Waals surface area (Å²) in [6.07, 6.45) is 5.06. The standard InChI is InChI=1S/C8H16N2Se/c9-5-1-3-7-6(10)2-4-8(5)11-7/h5-8H,1-4,9-10H2. The maximum absolute atomic E-state index is 6.01. The van der Waals surface area contributed by atoms with Gasteiger partial charge in [-0.05, 0) is 0 Å². The van der Waals surface area contributed by atoms with E-state index in [0.717, 1.165) is 24.6 Å². The minimum atomic E-state index is 0.513. The summed E-state index contributed by atoms with van der Waals surface area (Å²) in [6.45, 7) is 0. The van der Waals surface area contributed by atoms with Gasteiger partial charge in [-0.15, -0.1) is 0 Å². The van der Waals surface area contributed by atoms with Crippen LogP contribution in [0, 0.1) is 0 Å². The van der Waals surface area contributed by atoms with Crippen molar-refractivity contribution in [1.82, 2.24) is 0 Å². The number of rotatable bonds is 0. The average molecular weight is 219 g/mol. The molecule has 4 N–H and O–H groups in total. The third-order valence-electron chi connectivity index (χ3n) is 2.87. The Hall–Kier alpha value is 0.439. The van der Waals surface area contributed by atoms with Crippen molar-refractivity contribution < 1.29 is 0 Å². The molecule has 0 spiro atoms. The van der Waals surface area contributed by atoms with Gasteiger partial charge in [-0.25, -0.2) is 0 Å². The molecule has 2 rings (SSSR count). The number of hydrogen-bond donors (Lipinski definition) is 2. The summed E-state index contributed by atoms with van der Waals surface area (Å²) in [4.78, 5) is 1.72. The second-order valence-corrected chi connectivity index (χ2v) is 6.81. The Morgan fingerprint density at radius 3 is 1.73 bits per heavy atom. The first-order valence-electron chi connectivity index (χ1n) is 4.44. The van der Waals surface area contributed by atoms with Crippen LogP contribution in [0.2, 0.25) is 9.63 Å². The number of nitrogens with two attached hydrogens (primary N) is 2. The molecule has 0 amide bonds. The van der Waals surface area contributed by atoms with Crippen molar-refractivity contribution in [3.05, 3.63) is 0 Å². The Morgan fingerprint density at radius 1 is 0.818 bits per heavy atom. The third kappa shape index (κ3) is 1.48. The zero-order valence-corrected chi connectivity index (χ0v) is 8.41. The Bertz CT molecular complexity index is 135. The van der Waals surface area contributed by atoms with Gasteiger partial charge in [-0.2, -0.15) is 0 Å². The third-order valence-corrected chi connectivity index (χ3v) is 6.80. The predicted octanol–water partition coefficient (Wildman–Crippen LogP) is 0.510. The summed E-state index contributed by atoms with van der Waals surface area (Å²) >= 11 is 0.759. The van der Waals surface area contributed by atoms with Gasteiger partial charge < -0.3 is 0 Å². The molecule has 2 nitrogen and oxygen atoms in total. The second kappa shape index (κ2) is 3.06. The van der Waals surface area contributed by atoms with Crippen LogP contribution in [0.15, 0.2) is 0 Å². The zero-order valence-electron chi connectivity index (χ0n) is 6.70. The molecular weight excluding hydrogens is 203 g/mol. The first-order chi connectivity index (χ1) is 5.27. The first kappa shape index (κ1) is 8.06. The Kier molecular flexibility index (Phi) is 2.24. The van der Waals surface area contributed by atoms with Crippen molar-refractivity contribution in [3.8, 4) is 0 Å². The van der Waals surface area contributed by atoms with Crippen molar-refractivity contribution >= 4 is 15.0 Å². The molecule has 64 valence electrons. The van der Waals surface area contributed by atoms with E-state index in [4.69, 9.17) is 11.5 Å². The topological polar surface area (TPSA) is 52.0 Å². The van der Waals surface area contributed by atoms with Crippen LogP contribution >= 0.6 is 0 Å². The maximum atomic E-state index is 6.01. The molecule has 2 aliphatic heterocycles. The quantitative estimate of drug-likeness (QED) is 0.583. The molecule has 2 heterocycles. The van der Waals surface area contributed by atoms with Crippen LogP contribution in [-0.2, 0) is 0 Å². The molecule has 0 saturated carbocycles. The fourth-order valence-electron chi connectivity index (χ4n) is 2.08. The molecule has 0 aromatic rings. The molecule has 4 unspecified atom stereocenters. The van der Waals surface area contributed by atoms with E-state index in [1.165, 1.54) is 25.7 Å². The van der Waals surface area contributed by atoms with Gasteiger partial charge in [0.2, 0.25) is 0 Å². The van der Waals surface area contributed by atoms with Gasteiger partial charge >= 0.3 is 73.8 Å². The minimum absolute atomic E-state index is 0.513. The molecule has 0 radical (unpaired) electrons. The van der Waals surface area contributed by atoms with Gasteiger partial charge in [0.15, 0.2) is 0 Å². The summed E-state index contributed by atoms with van der Waals surface area (Å²) in [5.41, 5.74) is 12.0. The van der Waals surface area contributed by atoms with Gasteiger partial charge in [0.25, 0.3) is 0 Å². The van der Waals surface area contributed by atoms with E-state index in [1.54, 1.807) is 0 Å². The fourth-order valence-corrected chi connectivity index (χ4v) is 5.58. The molecule has 0 aliphatic carbocycles. The predicted molar refractivity (Wildman–Crippen MR) is 47.7 cm³/mol. The van der Waals surface area contributed by atoms with Crippen molar-refractivity contribution in [1.29, 1.82) is 0 Å². The van der Waals surface area contributed by atoms with E-state index in [-0.39, 0.29) is 0 Å². The normalized spacial score (nSPS) is 50.7. The van der Waals surface area contributed by atoms with Crippen molar-refractivity contribution in [3.63, 3.8) is 0 Å². The van der Waals surface area contributed by atoms with Crippen LogP contribution in [0.5, 0.6) is 0 Å². The molecular formula is C8H16N2Se. The van der Waals surface area contributed by atoms with Crippen molar-refractivity contribution in [2.45, 2.75) is 47.4 Å². The molecule has 2 bridgehead atoms. The monoisotopic (exact) mass is 220 g/mol. The summed E-state index contributed by atoms with van der Waals surface area (Å²) < 4.78 is 0. The average Bonchev–Trinajstić information content (AvgIpc) is 2.02. The van der Waals surface area contributed by atoms with Gasteiger partial charge in [-0.1, -0.05) is 0 Å². The molecule has 0 aromatic carbocycles. The zero-order chi connectivity index (χ0) is 7.84. The second-order valence-electron chi connectivity index (χ2n) is 3.70. The van der Waals surface area contributed by atoms with E-state index < -0.39 is 0 Å². The molecule has 11 heavy (non-hydrogen) atoms. The molecule has 2 aliphatic rings. The molecule has 4 atom stereocenters. The van der Waals surface area contributed by atoms with E-state index in [2.05, 4.69) is 0 Å². The van der Waals surface area contributed by atoms with Crippen molar-refractivity contribution in [2.24, 2.45) is 11.5 Å². The van der Waals surface area contributed by atoms with Gasteiger partial charge in [0.1, 0.15) is 0 Å². The van der Waals surface area contributed by atoms with E-state index in [9.17, 15) is 0 Å². The Morgan fingerprint density at radius 2 is 1.27 bits per heavy atom. The molecule has 0 aromatic heterocycles. The summed E-state index contributed by atoms with van der Waals surface area (Å²) in [5.74, 6) is 0. The molecule has 2 saturated heterocycles. The summed E-state index contributed by atoms with van der Waals surface area (Å²) in [5, 5.41) is 0. The van der Waals surface area contributed by atoms with Crippen LogP contribution in [0.1, 0.15) is 25.7 Å². The summed E-state index contributed by atoms with van der Waals surface area (Å²) in [7, 11) is 0. The van der Waals surface area contributed by atoms with Gasteiger partial charge in [0.05, 0.1) is 0 Å². The van der Waals surface area contributed by atoms with Crippen LogP contribution in [-0.4, -0.2) is 27.0 Å². The number of fused-ring (bicyclic) bond motifs is 2. The van der Waals surface area contributed by atoms with Crippen LogP contribution < -0.4 is 11.5 Å². The molecule has 2 fully saturated rings. The Balaban J connectivity index is 2.02. The van der Waals surface area contributed by atoms with Crippen LogP contribution in [0.25, 0.3) is 0 Å². The van der Waals surface area contributed by atoms with Gasteiger partial charge in [-0.3, -0.25) is 0 Å². The number of hydrogen-bond acceptors (Lipinski definition) is 2. The van der Waals surface area contributed by atoms with E-state index >= 15 is 0 Å². The van der Waals surface area contributed by atoms with Crippen LogP contribution in [0.4, 0.5) is 0 Å². The summed E-state index contributed by atoms with van der Waals surface area (Å²) in [6, 6.07) is 1.03.